The molecule has 0 aliphatic heterocycles. The van der Waals surface area contributed by atoms with Gasteiger partial charge >= 0.3 is 0 Å². The van der Waals surface area contributed by atoms with Crippen LogP contribution >= 0.6 is 0 Å². The summed E-state index contributed by atoms with van der Waals surface area (Å²) in [4.78, 5) is 0. The molecule has 0 bridgehead atoms. The van der Waals surface area contributed by atoms with Crippen molar-refractivity contribution in [1.29, 1.82) is 0 Å². The Morgan fingerprint density at radius 2 is 1.44 bits per heavy atom. The van der Waals surface area contributed by atoms with Crippen molar-refractivity contribution in [2.45, 2.75) is 51.7 Å². The zero-order chi connectivity index (χ0) is 19.9. The Bertz CT molecular complexity index is 501. The number of aliphatic hydroxyl groups excluding tert-OH is 2. The fourth-order valence-electron chi connectivity index (χ4n) is 2.66. The van der Waals surface area contributed by atoms with Gasteiger partial charge in [0.2, 0.25) is 0 Å². The molecular formula is C20H36N2O5. The van der Waals surface area contributed by atoms with Crippen LogP contribution in [0.15, 0.2) is 18.2 Å². The first-order valence-corrected chi connectivity index (χ1v) is 9.89. The number of anilines is 2. The van der Waals surface area contributed by atoms with Gasteiger partial charge < -0.3 is 35.4 Å². The fraction of sp³-hybridized carbons (Fsp3) is 0.700. The van der Waals surface area contributed by atoms with Crippen molar-refractivity contribution in [3.63, 3.8) is 0 Å². The van der Waals surface area contributed by atoms with E-state index in [1.54, 1.807) is 12.1 Å². The van der Waals surface area contributed by atoms with Crippen LogP contribution < -0.4 is 10.6 Å². The van der Waals surface area contributed by atoms with Crippen LogP contribution in [-0.4, -0.2) is 67.0 Å². The van der Waals surface area contributed by atoms with Crippen molar-refractivity contribution in [3.05, 3.63) is 18.2 Å². The number of nitrogens with one attached hydrogen (secondary N) is 2. The Kier molecular flexibility index (Phi) is 12.6. The maximum atomic E-state index is 10.1. The topological polar surface area (TPSA) is 103 Å². The lowest BCUT2D eigenvalue weighted by Crippen LogP contribution is -2.22. The maximum absolute atomic E-state index is 10.1. The number of aliphatic hydroxyl groups is 2. The van der Waals surface area contributed by atoms with Crippen LogP contribution in [0.25, 0.3) is 0 Å². The van der Waals surface area contributed by atoms with Gasteiger partial charge in [-0.05, 0) is 51.7 Å². The summed E-state index contributed by atoms with van der Waals surface area (Å²) < 4.78 is 10.5. The third kappa shape index (κ3) is 10.4. The summed E-state index contributed by atoms with van der Waals surface area (Å²) in [6, 6.07) is 5.16. The largest absolute Gasteiger partial charge is 0.506 e. The fourth-order valence-corrected chi connectivity index (χ4v) is 2.66. The van der Waals surface area contributed by atoms with Crippen LogP contribution in [0.1, 0.15) is 39.5 Å². The third-order valence-corrected chi connectivity index (χ3v) is 4.15. The Balaban J connectivity index is 2.44. The second-order valence-corrected chi connectivity index (χ2v) is 6.45. The summed E-state index contributed by atoms with van der Waals surface area (Å²) in [6.45, 7) is 7.25. The molecule has 2 unspecified atom stereocenters. The zero-order valence-electron chi connectivity index (χ0n) is 16.6. The molecule has 1 aromatic carbocycles. The molecular weight excluding hydrogens is 348 g/mol. The molecule has 0 radical (unpaired) electrons. The van der Waals surface area contributed by atoms with E-state index >= 15 is 0 Å². The molecule has 7 heteroatoms. The normalized spacial score (nSPS) is 13.3. The molecule has 0 fully saturated rings. The van der Waals surface area contributed by atoms with Crippen molar-refractivity contribution in [3.8, 4) is 5.75 Å². The van der Waals surface area contributed by atoms with E-state index in [9.17, 15) is 15.3 Å². The van der Waals surface area contributed by atoms with Gasteiger partial charge in [0, 0.05) is 39.5 Å². The first-order chi connectivity index (χ1) is 13.1. The number of rotatable bonds is 16. The molecule has 0 saturated carbocycles. The van der Waals surface area contributed by atoms with Gasteiger partial charge in [-0.25, -0.2) is 0 Å². The average Bonchev–Trinajstić information content (AvgIpc) is 2.66. The van der Waals surface area contributed by atoms with E-state index < -0.39 is 12.2 Å². The summed E-state index contributed by atoms with van der Waals surface area (Å²) in [7, 11) is 0. The number of benzene rings is 1. The minimum absolute atomic E-state index is 0.104. The quantitative estimate of drug-likeness (QED) is 0.220. The summed E-state index contributed by atoms with van der Waals surface area (Å²) >= 11 is 0. The molecule has 2 atom stereocenters. The zero-order valence-corrected chi connectivity index (χ0v) is 16.6. The highest BCUT2D eigenvalue weighted by molar-refractivity contribution is 5.75. The Labute approximate surface area is 162 Å². The summed E-state index contributed by atoms with van der Waals surface area (Å²) in [5.41, 5.74) is 1.23. The van der Waals surface area contributed by atoms with E-state index in [2.05, 4.69) is 10.6 Å². The lowest BCUT2D eigenvalue weighted by Gasteiger charge is -2.19. The van der Waals surface area contributed by atoms with Gasteiger partial charge in [-0.1, -0.05) is 6.07 Å². The van der Waals surface area contributed by atoms with E-state index in [1.165, 1.54) is 0 Å². The SMILES string of the molecule is CCOCCCC(O)CNc1cccc(O)c1NCC(O)CCCOCC. The highest BCUT2D eigenvalue weighted by Crippen LogP contribution is 2.31. The standard InChI is InChI=1S/C20H36N2O5/c1-3-26-12-6-8-16(23)14-21-18-10-5-11-19(25)20(18)22-15-17(24)9-7-13-27-4-2/h5,10-11,16-17,21-25H,3-4,6-9,12-15H2,1-2H3. The third-order valence-electron chi connectivity index (χ3n) is 4.15. The molecule has 0 aromatic heterocycles. The van der Waals surface area contributed by atoms with Crippen LogP contribution in [-0.2, 0) is 9.47 Å². The van der Waals surface area contributed by atoms with Crippen LogP contribution in [0.4, 0.5) is 11.4 Å². The number of phenols is 1. The smallest absolute Gasteiger partial charge is 0.140 e. The van der Waals surface area contributed by atoms with Gasteiger partial charge in [0.15, 0.2) is 0 Å². The highest BCUT2D eigenvalue weighted by atomic mass is 16.5. The second kappa shape index (κ2) is 14.5. The predicted molar refractivity (Wildman–Crippen MR) is 109 cm³/mol. The molecule has 1 rings (SSSR count). The van der Waals surface area contributed by atoms with E-state index in [-0.39, 0.29) is 5.75 Å². The number of ether oxygens (including phenoxy) is 2. The van der Waals surface area contributed by atoms with Crippen molar-refractivity contribution in [2.75, 3.05) is 50.2 Å². The first kappa shape index (κ1) is 23.5. The van der Waals surface area contributed by atoms with Gasteiger partial charge in [0.05, 0.1) is 17.9 Å². The summed E-state index contributed by atoms with van der Waals surface area (Å²) in [5, 5.41) is 36.6. The molecule has 27 heavy (non-hydrogen) atoms. The van der Waals surface area contributed by atoms with Crippen LogP contribution in [0, 0.1) is 0 Å². The summed E-state index contributed by atoms with van der Waals surface area (Å²) in [6.07, 6.45) is 1.84. The van der Waals surface area contributed by atoms with E-state index in [4.69, 9.17) is 9.47 Å². The second-order valence-electron chi connectivity index (χ2n) is 6.45. The van der Waals surface area contributed by atoms with Crippen molar-refractivity contribution >= 4 is 11.4 Å². The lowest BCUT2D eigenvalue weighted by molar-refractivity contribution is 0.118. The average molecular weight is 385 g/mol. The molecule has 5 N–H and O–H groups in total. The minimum atomic E-state index is -0.526. The van der Waals surface area contributed by atoms with Crippen LogP contribution in [0.2, 0.25) is 0 Å². The van der Waals surface area contributed by atoms with Crippen LogP contribution in [0.5, 0.6) is 5.75 Å². The predicted octanol–water partition coefficient (Wildman–Crippen LogP) is 2.57. The molecule has 0 aliphatic rings. The van der Waals surface area contributed by atoms with E-state index in [0.717, 1.165) is 12.8 Å². The Morgan fingerprint density at radius 1 is 0.889 bits per heavy atom. The number of hydrogen-bond donors (Lipinski definition) is 5. The number of hydrogen-bond acceptors (Lipinski definition) is 7. The highest BCUT2D eigenvalue weighted by Gasteiger charge is 2.12. The number of phenolic OH excluding ortho intramolecular Hbond substituents is 1. The van der Waals surface area contributed by atoms with Gasteiger partial charge in [-0.15, -0.1) is 0 Å². The van der Waals surface area contributed by atoms with Gasteiger partial charge in [-0.3, -0.25) is 0 Å². The molecule has 7 nitrogen and oxygen atoms in total. The van der Waals surface area contributed by atoms with Gasteiger partial charge in [-0.2, -0.15) is 0 Å². The molecule has 0 spiro atoms. The van der Waals surface area contributed by atoms with Gasteiger partial charge in [0.1, 0.15) is 11.4 Å². The minimum Gasteiger partial charge on any atom is -0.506 e. The lowest BCUT2D eigenvalue weighted by atomic mass is 10.1. The number of para-hydroxylation sites is 1. The first-order valence-electron chi connectivity index (χ1n) is 9.89. The molecule has 0 amide bonds. The monoisotopic (exact) mass is 384 g/mol. The Morgan fingerprint density at radius 3 is 2.00 bits per heavy atom. The maximum Gasteiger partial charge on any atom is 0.140 e. The Hall–Kier alpha value is -1.54. The van der Waals surface area contributed by atoms with Crippen molar-refractivity contribution in [1.82, 2.24) is 0 Å². The molecule has 0 heterocycles. The molecule has 156 valence electrons. The molecule has 0 aliphatic carbocycles. The number of aromatic hydroxyl groups is 1. The van der Waals surface area contributed by atoms with Crippen LogP contribution in [0.3, 0.4) is 0 Å². The van der Waals surface area contributed by atoms with Gasteiger partial charge in [0.25, 0.3) is 0 Å². The summed E-state index contributed by atoms with van der Waals surface area (Å²) in [5.74, 6) is 0.104. The molecule has 0 saturated heterocycles. The van der Waals surface area contributed by atoms with Crippen molar-refractivity contribution < 1.29 is 24.8 Å². The van der Waals surface area contributed by atoms with E-state index in [1.807, 2.05) is 19.9 Å². The van der Waals surface area contributed by atoms with Crippen molar-refractivity contribution in [2.24, 2.45) is 0 Å². The molecule has 1 aromatic rings. The van der Waals surface area contributed by atoms with E-state index in [0.29, 0.717) is 63.7 Å².